The second kappa shape index (κ2) is 6.87. The van der Waals surface area contributed by atoms with Crippen LogP contribution in [0.15, 0.2) is 24.3 Å². The maximum Gasteiger partial charge on any atom is 0.0735 e. The van der Waals surface area contributed by atoms with Crippen molar-refractivity contribution in [3.8, 4) is 0 Å². The van der Waals surface area contributed by atoms with Gasteiger partial charge in [-0.05, 0) is 73.0 Å². The third kappa shape index (κ3) is 3.93. The first-order valence-corrected chi connectivity index (χ1v) is 7.90. The van der Waals surface area contributed by atoms with E-state index in [0.717, 1.165) is 13.0 Å². The van der Waals surface area contributed by atoms with Crippen LogP contribution in [0.4, 0.5) is 0 Å². The third-order valence-corrected chi connectivity index (χ3v) is 4.27. The van der Waals surface area contributed by atoms with Crippen LogP contribution in [-0.2, 0) is 11.2 Å². The molecule has 0 amide bonds. The second-order valence-electron chi connectivity index (χ2n) is 5.06. The molecule has 3 atom stereocenters. The third-order valence-electron chi connectivity index (χ3n) is 3.55. The van der Waals surface area contributed by atoms with Crippen molar-refractivity contribution in [3.63, 3.8) is 0 Å². The molecular formula is C15H22INO. The summed E-state index contributed by atoms with van der Waals surface area (Å²) < 4.78 is 7.30. The summed E-state index contributed by atoms with van der Waals surface area (Å²) in [6.45, 7) is 5.34. The molecule has 1 heterocycles. The highest BCUT2D eigenvalue weighted by Gasteiger charge is 2.29. The maximum absolute atomic E-state index is 6.01. The highest BCUT2D eigenvalue weighted by atomic mass is 127. The van der Waals surface area contributed by atoms with Gasteiger partial charge >= 0.3 is 0 Å². The Kier molecular flexibility index (Phi) is 5.45. The first-order chi connectivity index (χ1) is 8.69. The Labute approximate surface area is 124 Å². The number of ether oxygens (including phenoxy) is 1. The topological polar surface area (TPSA) is 21.3 Å². The average molecular weight is 359 g/mol. The molecule has 1 saturated heterocycles. The van der Waals surface area contributed by atoms with Crippen molar-refractivity contribution < 1.29 is 4.74 Å². The lowest BCUT2D eigenvalue weighted by molar-refractivity contribution is 0.0324. The van der Waals surface area contributed by atoms with E-state index in [1.807, 2.05) is 0 Å². The van der Waals surface area contributed by atoms with Gasteiger partial charge in [0.2, 0.25) is 0 Å². The summed E-state index contributed by atoms with van der Waals surface area (Å²) in [5.74, 6) is 0. The Morgan fingerprint density at radius 2 is 2.06 bits per heavy atom. The minimum absolute atomic E-state index is 0.374. The SMILES string of the molecule is CCNC(Cc1ccc(I)cc1)C1CCC(C)O1. The quantitative estimate of drug-likeness (QED) is 0.814. The Balaban J connectivity index is 1.99. The lowest BCUT2D eigenvalue weighted by Gasteiger charge is -2.24. The molecule has 2 nitrogen and oxygen atoms in total. The Morgan fingerprint density at radius 3 is 2.61 bits per heavy atom. The zero-order chi connectivity index (χ0) is 13.0. The van der Waals surface area contributed by atoms with Gasteiger partial charge in [-0.2, -0.15) is 0 Å². The molecule has 1 fully saturated rings. The average Bonchev–Trinajstić information content (AvgIpc) is 2.78. The molecule has 1 aliphatic heterocycles. The van der Waals surface area contributed by atoms with Gasteiger partial charge in [-0.1, -0.05) is 19.1 Å². The van der Waals surface area contributed by atoms with E-state index in [1.165, 1.54) is 22.0 Å². The molecule has 0 radical (unpaired) electrons. The van der Waals surface area contributed by atoms with Crippen LogP contribution in [0.2, 0.25) is 0 Å². The van der Waals surface area contributed by atoms with Crippen molar-refractivity contribution in [2.75, 3.05) is 6.54 Å². The second-order valence-corrected chi connectivity index (χ2v) is 6.30. The molecule has 0 aromatic heterocycles. The van der Waals surface area contributed by atoms with Crippen molar-refractivity contribution in [2.24, 2.45) is 0 Å². The van der Waals surface area contributed by atoms with E-state index in [4.69, 9.17) is 4.74 Å². The van der Waals surface area contributed by atoms with Gasteiger partial charge in [-0.25, -0.2) is 0 Å². The van der Waals surface area contributed by atoms with Gasteiger partial charge in [0.15, 0.2) is 0 Å². The van der Waals surface area contributed by atoms with E-state index in [1.54, 1.807) is 0 Å². The highest BCUT2D eigenvalue weighted by Crippen LogP contribution is 2.23. The minimum Gasteiger partial charge on any atom is -0.374 e. The zero-order valence-corrected chi connectivity index (χ0v) is 13.3. The molecule has 1 aliphatic rings. The lowest BCUT2D eigenvalue weighted by Crippen LogP contribution is -2.41. The summed E-state index contributed by atoms with van der Waals surface area (Å²) in [7, 11) is 0. The fraction of sp³-hybridized carbons (Fsp3) is 0.600. The zero-order valence-electron chi connectivity index (χ0n) is 11.2. The van der Waals surface area contributed by atoms with Gasteiger partial charge < -0.3 is 10.1 Å². The first kappa shape index (κ1) is 14.3. The summed E-state index contributed by atoms with van der Waals surface area (Å²) in [5.41, 5.74) is 1.39. The van der Waals surface area contributed by atoms with Gasteiger partial charge in [0, 0.05) is 9.61 Å². The Bertz CT molecular complexity index is 365. The van der Waals surface area contributed by atoms with Crippen molar-refractivity contribution in [1.82, 2.24) is 5.32 Å². The molecular weight excluding hydrogens is 337 g/mol. The van der Waals surface area contributed by atoms with Gasteiger partial charge in [0.1, 0.15) is 0 Å². The monoisotopic (exact) mass is 359 g/mol. The first-order valence-electron chi connectivity index (χ1n) is 6.82. The summed E-state index contributed by atoms with van der Waals surface area (Å²) in [5, 5.41) is 3.58. The fourth-order valence-electron chi connectivity index (χ4n) is 2.60. The van der Waals surface area contributed by atoms with Crippen LogP contribution in [0.1, 0.15) is 32.3 Å². The minimum atomic E-state index is 0.374. The number of benzene rings is 1. The molecule has 100 valence electrons. The van der Waals surface area contributed by atoms with E-state index >= 15 is 0 Å². The number of halogens is 1. The van der Waals surface area contributed by atoms with Crippen LogP contribution in [0.3, 0.4) is 0 Å². The van der Waals surface area contributed by atoms with Crippen LogP contribution in [0.5, 0.6) is 0 Å². The molecule has 3 heteroatoms. The smallest absolute Gasteiger partial charge is 0.0735 e. The molecule has 1 aromatic rings. The standard InChI is InChI=1S/C15H22INO/c1-3-17-14(15-9-4-11(2)18-15)10-12-5-7-13(16)8-6-12/h5-8,11,14-15,17H,3-4,9-10H2,1-2H3. The molecule has 0 aliphatic carbocycles. The van der Waals surface area contributed by atoms with Crippen LogP contribution < -0.4 is 5.32 Å². The molecule has 18 heavy (non-hydrogen) atoms. The summed E-state index contributed by atoms with van der Waals surface area (Å²) in [6.07, 6.45) is 4.23. The lowest BCUT2D eigenvalue weighted by atomic mass is 9.99. The largest absolute Gasteiger partial charge is 0.374 e. The molecule has 1 aromatic carbocycles. The van der Waals surface area contributed by atoms with Crippen LogP contribution in [0.25, 0.3) is 0 Å². The number of nitrogens with one attached hydrogen (secondary N) is 1. The summed E-state index contributed by atoms with van der Waals surface area (Å²) in [6, 6.07) is 9.25. The molecule has 1 N–H and O–H groups in total. The van der Waals surface area contributed by atoms with Gasteiger partial charge in [0.05, 0.1) is 12.2 Å². The highest BCUT2D eigenvalue weighted by molar-refractivity contribution is 14.1. The molecule has 0 saturated carbocycles. The predicted molar refractivity (Wildman–Crippen MR) is 83.9 cm³/mol. The number of hydrogen-bond donors (Lipinski definition) is 1. The maximum atomic E-state index is 6.01. The number of hydrogen-bond acceptors (Lipinski definition) is 2. The van der Waals surface area contributed by atoms with E-state index < -0.39 is 0 Å². The van der Waals surface area contributed by atoms with Crippen molar-refractivity contribution in [3.05, 3.63) is 33.4 Å². The van der Waals surface area contributed by atoms with Crippen molar-refractivity contribution >= 4 is 22.6 Å². The molecule has 2 rings (SSSR count). The van der Waals surface area contributed by atoms with E-state index in [2.05, 4.69) is 66.0 Å². The van der Waals surface area contributed by atoms with Gasteiger partial charge in [0.25, 0.3) is 0 Å². The fourth-order valence-corrected chi connectivity index (χ4v) is 2.96. The Morgan fingerprint density at radius 1 is 1.33 bits per heavy atom. The van der Waals surface area contributed by atoms with Crippen molar-refractivity contribution in [2.45, 2.75) is 51.4 Å². The Hall–Kier alpha value is -0.130. The van der Waals surface area contributed by atoms with Crippen LogP contribution >= 0.6 is 22.6 Å². The predicted octanol–water partition coefficient (Wildman–Crippen LogP) is 3.38. The van der Waals surface area contributed by atoms with E-state index in [-0.39, 0.29) is 0 Å². The van der Waals surface area contributed by atoms with Crippen LogP contribution in [0, 0.1) is 3.57 Å². The van der Waals surface area contributed by atoms with Crippen LogP contribution in [-0.4, -0.2) is 24.8 Å². The van der Waals surface area contributed by atoms with E-state index in [0.29, 0.717) is 18.2 Å². The normalized spacial score (nSPS) is 25.3. The molecule has 3 unspecified atom stereocenters. The number of likely N-dealkylation sites (N-methyl/N-ethyl adjacent to an activating group) is 1. The molecule has 0 bridgehead atoms. The summed E-state index contributed by atoms with van der Waals surface area (Å²) >= 11 is 2.35. The van der Waals surface area contributed by atoms with E-state index in [9.17, 15) is 0 Å². The van der Waals surface area contributed by atoms with Gasteiger partial charge in [-0.3, -0.25) is 0 Å². The number of rotatable bonds is 5. The van der Waals surface area contributed by atoms with Crippen molar-refractivity contribution in [1.29, 1.82) is 0 Å². The molecule has 0 spiro atoms. The van der Waals surface area contributed by atoms with Gasteiger partial charge in [-0.15, -0.1) is 0 Å². The summed E-state index contributed by atoms with van der Waals surface area (Å²) in [4.78, 5) is 0.